The zero-order valence-electron chi connectivity index (χ0n) is 19.3. The van der Waals surface area contributed by atoms with Gasteiger partial charge in [-0.3, -0.25) is 4.90 Å². The van der Waals surface area contributed by atoms with Gasteiger partial charge >= 0.3 is 6.09 Å². The summed E-state index contributed by atoms with van der Waals surface area (Å²) >= 11 is 6.41. The molecule has 1 amide bonds. The number of hydrogen-bond donors (Lipinski definition) is 1. The molecule has 1 saturated heterocycles. The van der Waals surface area contributed by atoms with Crippen molar-refractivity contribution in [1.29, 1.82) is 0 Å². The first kappa shape index (κ1) is 22.8. The largest absolute Gasteiger partial charge is 0.465 e. The Morgan fingerprint density at radius 3 is 2.53 bits per heavy atom. The van der Waals surface area contributed by atoms with E-state index in [0.717, 1.165) is 36.6 Å². The van der Waals surface area contributed by atoms with E-state index in [-0.39, 0.29) is 22.8 Å². The van der Waals surface area contributed by atoms with Crippen LogP contribution in [0.5, 0.6) is 0 Å². The summed E-state index contributed by atoms with van der Waals surface area (Å²) in [4.78, 5) is 27.3. The van der Waals surface area contributed by atoms with Crippen molar-refractivity contribution in [3.63, 3.8) is 0 Å². The predicted octanol–water partition coefficient (Wildman–Crippen LogP) is 4.46. The summed E-state index contributed by atoms with van der Waals surface area (Å²) in [6.07, 6.45) is -0.0179. The van der Waals surface area contributed by atoms with Crippen LogP contribution in [0.25, 0.3) is 0 Å². The molecule has 2 aliphatic heterocycles. The van der Waals surface area contributed by atoms with Crippen LogP contribution in [0.2, 0.25) is 5.28 Å². The number of amides is 1. The number of carboxylic acid groups (broad SMARTS) is 1. The van der Waals surface area contributed by atoms with E-state index in [0.29, 0.717) is 19.6 Å². The van der Waals surface area contributed by atoms with Crippen molar-refractivity contribution >= 4 is 23.5 Å². The predicted molar refractivity (Wildman–Crippen MR) is 126 cm³/mol. The van der Waals surface area contributed by atoms with Crippen molar-refractivity contribution in [3.05, 3.63) is 52.4 Å². The second-order valence-corrected chi connectivity index (χ2v) is 10.2. The quantitative estimate of drug-likeness (QED) is 0.686. The fourth-order valence-electron chi connectivity index (χ4n) is 4.91. The van der Waals surface area contributed by atoms with Crippen molar-refractivity contribution in [1.82, 2.24) is 19.8 Å². The Morgan fingerprint density at radius 2 is 1.88 bits per heavy atom. The molecule has 0 radical (unpaired) electrons. The zero-order chi connectivity index (χ0) is 23.0. The van der Waals surface area contributed by atoms with Gasteiger partial charge in [0.25, 0.3) is 0 Å². The Morgan fingerprint density at radius 1 is 1.16 bits per heavy atom. The average Bonchev–Trinajstić information content (AvgIpc) is 2.75. The maximum atomic E-state index is 11.8. The van der Waals surface area contributed by atoms with Crippen LogP contribution >= 0.6 is 11.6 Å². The molecular weight excluding hydrogens is 426 g/mol. The number of fused-ring (bicyclic) bond motifs is 1. The number of hydrogen-bond acceptors (Lipinski definition) is 5. The van der Waals surface area contributed by atoms with Crippen LogP contribution < -0.4 is 4.90 Å². The second kappa shape index (κ2) is 8.87. The van der Waals surface area contributed by atoms with Gasteiger partial charge in [0.1, 0.15) is 5.82 Å². The summed E-state index contributed by atoms with van der Waals surface area (Å²) in [5.41, 5.74) is 3.21. The molecule has 3 heterocycles. The van der Waals surface area contributed by atoms with Gasteiger partial charge in [0, 0.05) is 38.3 Å². The molecule has 0 bridgehead atoms. The minimum absolute atomic E-state index is 0.122. The summed E-state index contributed by atoms with van der Waals surface area (Å²) in [6.45, 7) is 11.9. The first-order valence-corrected chi connectivity index (χ1v) is 11.6. The summed E-state index contributed by atoms with van der Waals surface area (Å²) < 4.78 is 0. The van der Waals surface area contributed by atoms with Crippen LogP contribution in [0.15, 0.2) is 30.3 Å². The smallest absolute Gasteiger partial charge is 0.407 e. The molecule has 1 aromatic heterocycles. The maximum Gasteiger partial charge on any atom is 0.407 e. The third kappa shape index (κ3) is 4.55. The monoisotopic (exact) mass is 457 g/mol. The molecule has 0 saturated carbocycles. The van der Waals surface area contributed by atoms with Gasteiger partial charge in [0.2, 0.25) is 5.28 Å². The Bertz CT molecular complexity index is 978. The van der Waals surface area contributed by atoms with E-state index in [2.05, 4.69) is 71.7 Å². The standard InChI is InChI=1S/C24H32ClN5O2/c1-16-20-18(10-11-28(16)14-17-8-6-5-7-9-17)21(27-22(25)26-20)29-12-13-30(23(31)32)19(15-29)24(2,3)4/h5-9,16,19H,10-15H2,1-4H3,(H,31,32). The third-order valence-electron chi connectivity index (χ3n) is 6.74. The van der Waals surface area contributed by atoms with Crippen LogP contribution in [0.1, 0.15) is 50.6 Å². The highest BCUT2D eigenvalue weighted by Gasteiger charge is 2.40. The SMILES string of the molecule is CC1c2nc(Cl)nc(N3CCN(C(=O)O)C(C(C)(C)C)C3)c2CCN1Cc1ccccc1. The molecule has 0 aliphatic carbocycles. The number of benzene rings is 1. The number of halogens is 1. The number of nitrogens with zero attached hydrogens (tertiary/aromatic N) is 5. The van der Waals surface area contributed by atoms with Gasteiger partial charge < -0.3 is 14.9 Å². The van der Waals surface area contributed by atoms with E-state index < -0.39 is 6.09 Å². The first-order valence-electron chi connectivity index (χ1n) is 11.2. The number of aromatic nitrogens is 2. The lowest BCUT2D eigenvalue weighted by Crippen LogP contribution is -2.60. The van der Waals surface area contributed by atoms with E-state index in [1.54, 1.807) is 4.90 Å². The Hall–Kier alpha value is -2.38. The van der Waals surface area contributed by atoms with Crippen molar-refractivity contribution < 1.29 is 9.90 Å². The molecule has 7 nitrogen and oxygen atoms in total. The fourth-order valence-corrected chi connectivity index (χ4v) is 5.08. The average molecular weight is 458 g/mol. The number of carbonyl (C=O) groups is 1. The van der Waals surface area contributed by atoms with Crippen molar-refractivity contribution in [2.45, 2.75) is 52.7 Å². The lowest BCUT2D eigenvalue weighted by atomic mass is 9.84. The number of piperazine rings is 1. The summed E-state index contributed by atoms with van der Waals surface area (Å²) in [5, 5.41) is 9.96. The zero-order valence-corrected chi connectivity index (χ0v) is 20.0. The van der Waals surface area contributed by atoms with E-state index in [9.17, 15) is 9.90 Å². The minimum atomic E-state index is -0.863. The van der Waals surface area contributed by atoms with E-state index in [4.69, 9.17) is 11.6 Å². The highest BCUT2D eigenvalue weighted by atomic mass is 35.5. The molecule has 1 aromatic carbocycles. The van der Waals surface area contributed by atoms with E-state index in [1.807, 2.05) is 6.07 Å². The van der Waals surface area contributed by atoms with Gasteiger partial charge in [0.15, 0.2) is 0 Å². The second-order valence-electron chi connectivity index (χ2n) is 9.87. The first-order chi connectivity index (χ1) is 15.1. The van der Waals surface area contributed by atoms with Crippen LogP contribution in [0.3, 0.4) is 0 Å². The summed E-state index contributed by atoms with van der Waals surface area (Å²) in [6, 6.07) is 10.5. The molecule has 1 N–H and O–H groups in total. The topological polar surface area (TPSA) is 72.8 Å². The fraction of sp³-hybridized carbons (Fsp3) is 0.542. The minimum Gasteiger partial charge on any atom is -0.465 e. The summed E-state index contributed by atoms with van der Waals surface area (Å²) in [5.74, 6) is 0.866. The molecule has 4 rings (SSSR count). The molecule has 0 spiro atoms. The molecule has 2 unspecified atom stereocenters. The van der Waals surface area contributed by atoms with Crippen LogP contribution in [0.4, 0.5) is 10.6 Å². The normalized spacial score (nSPS) is 22.0. The molecule has 2 aromatic rings. The van der Waals surface area contributed by atoms with Gasteiger partial charge in [-0.15, -0.1) is 0 Å². The van der Waals surface area contributed by atoms with E-state index in [1.165, 1.54) is 5.56 Å². The lowest BCUT2D eigenvalue weighted by Gasteiger charge is -2.47. The van der Waals surface area contributed by atoms with Crippen molar-refractivity contribution in [3.8, 4) is 0 Å². The molecule has 2 atom stereocenters. The Kier molecular flexibility index (Phi) is 6.32. The Balaban J connectivity index is 1.62. The lowest BCUT2D eigenvalue weighted by molar-refractivity contribution is 0.0746. The molecular formula is C24H32ClN5O2. The van der Waals surface area contributed by atoms with Crippen LogP contribution in [-0.4, -0.2) is 63.2 Å². The Labute approximate surface area is 195 Å². The molecule has 172 valence electrons. The van der Waals surface area contributed by atoms with Crippen LogP contribution in [-0.2, 0) is 13.0 Å². The summed E-state index contributed by atoms with van der Waals surface area (Å²) in [7, 11) is 0. The number of anilines is 1. The van der Waals surface area contributed by atoms with Gasteiger partial charge in [0.05, 0.1) is 17.8 Å². The highest BCUT2D eigenvalue weighted by Crippen LogP contribution is 2.37. The van der Waals surface area contributed by atoms with Crippen LogP contribution in [0, 0.1) is 5.41 Å². The molecule has 1 fully saturated rings. The maximum absolute atomic E-state index is 11.8. The molecule has 8 heteroatoms. The molecule has 32 heavy (non-hydrogen) atoms. The van der Waals surface area contributed by atoms with Crippen molar-refractivity contribution in [2.24, 2.45) is 5.41 Å². The molecule has 2 aliphatic rings. The van der Waals surface area contributed by atoms with Crippen molar-refractivity contribution in [2.75, 3.05) is 31.1 Å². The van der Waals surface area contributed by atoms with E-state index >= 15 is 0 Å². The van der Waals surface area contributed by atoms with Gasteiger partial charge in [-0.25, -0.2) is 14.8 Å². The van der Waals surface area contributed by atoms with Gasteiger partial charge in [-0.05, 0) is 35.9 Å². The van der Waals surface area contributed by atoms with Gasteiger partial charge in [-0.2, -0.15) is 0 Å². The van der Waals surface area contributed by atoms with Gasteiger partial charge in [-0.1, -0.05) is 51.1 Å². The number of rotatable bonds is 3. The third-order valence-corrected chi connectivity index (χ3v) is 6.91. The highest BCUT2D eigenvalue weighted by molar-refractivity contribution is 6.28.